The third kappa shape index (κ3) is 3.50. The molecule has 25 heavy (non-hydrogen) atoms. The van der Waals surface area contributed by atoms with Gasteiger partial charge in [-0.2, -0.15) is 0 Å². The summed E-state index contributed by atoms with van der Waals surface area (Å²) in [6, 6.07) is 7.88. The van der Waals surface area contributed by atoms with Crippen LogP contribution in [0.15, 0.2) is 42.4 Å². The van der Waals surface area contributed by atoms with Crippen LogP contribution < -0.4 is 0 Å². The van der Waals surface area contributed by atoms with E-state index in [1.807, 2.05) is 58.9 Å². The molecule has 0 amide bonds. The molecule has 0 spiro atoms. The Balaban J connectivity index is 1.79. The molecule has 0 aliphatic carbocycles. The fourth-order valence-corrected chi connectivity index (χ4v) is 2.56. The largest absolute Gasteiger partial charge is 0.525 e. The van der Waals surface area contributed by atoms with Crippen LogP contribution in [-0.2, 0) is 9.31 Å². The number of aryl methyl sites for hydroxylation is 1. The van der Waals surface area contributed by atoms with Crippen LogP contribution in [0.25, 0.3) is 17.5 Å². The maximum atomic E-state index is 14.5. The van der Waals surface area contributed by atoms with E-state index in [-0.39, 0.29) is 0 Å². The predicted molar refractivity (Wildman–Crippen MR) is 97.4 cm³/mol. The molecule has 1 aliphatic rings. The number of aromatic nitrogens is 2. The van der Waals surface area contributed by atoms with Gasteiger partial charge in [0.1, 0.15) is 5.73 Å². The number of hydrogen-bond donors (Lipinski definition) is 0. The van der Waals surface area contributed by atoms with Crippen molar-refractivity contribution < 1.29 is 13.7 Å². The van der Waals surface area contributed by atoms with Crippen molar-refractivity contribution in [3.63, 3.8) is 0 Å². The summed E-state index contributed by atoms with van der Waals surface area (Å²) in [5.41, 5.74) is 0.969. The first-order valence-electron chi connectivity index (χ1n) is 8.30. The van der Waals surface area contributed by atoms with E-state index < -0.39 is 24.0 Å². The highest BCUT2D eigenvalue weighted by Gasteiger charge is 2.53. The number of halogens is 1. The lowest BCUT2D eigenvalue weighted by atomic mass is 9.87. The molecule has 1 aliphatic heterocycles. The molecule has 130 valence electrons. The molecule has 0 radical (unpaired) electrons. The van der Waals surface area contributed by atoms with Gasteiger partial charge in [-0.15, -0.1) is 0 Å². The zero-order valence-electron chi connectivity index (χ0n) is 15.2. The first-order chi connectivity index (χ1) is 11.7. The third-order valence-electron chi connectivity index (χ3n) is 4.84. The Kier molecular flexibility index (Phi) is 4.52. The summed E-state index contributed by atoms with van der Waals surface area (Å²) in [4.78, 5) is 8.69. The van der Waals surface area contributed by atoms with Gasteiger partial charge in [0, 0.05) is 23.5 Å². The summed E-state index contributed by atoms with van der Waals surface area (Å²) >= 11 is 0. The molecular formula is C19H22BFN2O2. The Labute approximate surface area is 148 Å². The maximum absolute atomic E-state index is 14.5. The Morgan fingerprint density at radius 2 is 1.60 bits per heavy atom. The lowest BCUT2D eigenvalue weighted by Gasteiger charge is -2.32. The van der Waals surface area contributed by atoms with Crippen molar-refractivity contribution in [3.8, 4) is 11.4 Å². The van der Waals surface area contributed by atoms with Crippen LogP contribution in [0.4, 0.5) is 4.39 Å². The smallest absolute Gasteiger partial charge is 0.398 e. The van der Waals surface area contributed by atoms with E-state index in [4.69, 9.17) is 9.31 Å². The quantitative estimate of drug-likeness (QED) is 0.777. The molecule has 3 rings (SSSR count). The van der Waals surface area contributed by atoms with Crippen molar-refractivity contribution in [2.24, 2.45) is 0 Å². The number of hydrogen-bond acceptors (Lipinski definition) is 4. The van der Waals surface area contributed by atoms with E-state index in [0.29, 0.717) is 11.4 Å². The second-order valence-corrected chi connectivity index (χ2v) is 7.27. The highest BCUT2D eigenvalue weighted by molar-refractivity contribution is 6.54. The van der Waals surface area contributed by atoms with E-state index in [0.717, 1.165) is 11.1 Å². The summed E-state index contributed by atoms with van der Waals surface area (Å²) in [5, 5.41) is 0. The molecule has 0 bridgehead atoms. The molecule has 0 unspecified atom stereocenters. The van der Waals surface area contributed by atoms with Crippen LogP contribution in [0.1, 0.15) is 38.8 Å². The van der Waals surface area contributed by atoms with Gasteiger partial charge >= 0.3 is 7.12 Å². The minimum atomic E-state index is -1.01. The molecule has 6 heteroatoms. The molecule has 4 nitrogen and oxygen atoms in total. The molecule has 0 N–H and O–H groups in total. The van der Waals surface area contributed by atoms with E-state index in [2.05, 4.69) is 9.97 Å². The van der Waals surface area contributed by atoms with E-state index in [9.17, 15) is 4.39 Å². The average Bonchev–Trinajstić information content (AvgIpc) is 2.77. The van der Waals surface area contributed by atoms with Gasteiger partial charge in [-0.05, 0) is 46.3 Å². The summed E-state index contributed by atoms with van der Waals surface area (Å²) in [6.45, 7) is 9.56. The molecule has 1 aromatic heterocycles. The minimum Gasteiger partial charge on any atom is -0.398 e. The summed E-state index contributed by atoms with van der Waals surface area (Å²) in [6.07, 6.45) is 4.54. The van der Waals surface area contributed by atoms with E-state index in [1.165, 1.54) is 6.08 Å². The molecule has 2 aromatic rings. The monoisotopic (exact) mass is 340 g/mol. The van der Waals surface area contributed by atoms with Gasteiger partial charge in [0.15, 0.2) is 5.82 Å². The van der Waals surface area contributed by atoms with Crippen LogP contribution in [0.5, 0.6) is 0 Å². The molecule has 1 saturated heterocycles. The minimum absolute atomic E-state index is 0.495. The SMILES string of the molecule is Cc1ccccc1-c1ncc(C=C(F)B2OC(C)(C)C(C)(C)O2)cn1. The molecular weight excluding hydrogens is 318 g/mol. The average molecular weight is 340 g/mol. The zero-order valence-corrected chi connectivity index (χ0v) is 15.2. The fraction of sp³-hybridized carbons (Fsp3) is 0.368. The zero-order chi connectivity index (χ0) is 18.2. The molecule has 1 aromatic carbocycles. The van der Waals surface area contributed by atoms with Crippen LogP contribution in [0.3, 0.4) is 0 Å². The van der Waals surface area contributed by atoms with Gasteiger partial charge < -0.3 is 9.31 Å². The molecule has 0 saturated carbocycles. The van der Waals surface area contributed by atoms with Crippen molar-refractivity contribution in [3.05, 3.63) is 53.5 Å². The van der Waals surface area contributed by atoms with Crippen molar-refractivity contribution in [1.82, 2.24) is 9.97 Å². The van der Waals surface area contributed by atoms with Gasteiger partial charge in [0.05, 0.1) is 11.2 Å². The van der Waals surface area contributed by atoms with E-state index >= 15 is 0 Å². The first-order valence-corrected chi connectivity index (χ1v) is 8.30. The summed E-state index contributed by atoms with van der Waals surface area (Å²) in [5.74, 6) is 0.617. The Morgan fingerprint density at radius 1 is 1.04 bits per heavy atom. The van der Waals surface area contributed by atoms with Gasteiger partial charge in [-0.3, -0.25) is 0 Å². The van der Waals surface area contributed by atoms with Gasteiger partial charge in [-0.25, -0.2) is 14.4 Å². The lowest BCUT2D eigenvalue weighted by molar-refractivity contribution is 0.00578. The van der Waals surface area contributed by atoms with Crippen molar-refractivity contribution in [1.29, 1.82) is 0 Å². The summed E-state index contributed by atoms with van der Waals surface area (Å²) < 4.78 is 25.9. The van der Waals surface area contributed by atoms with Crippen molar-refractivity contribution in [2.75, 3.05) is 0 Å². The highest BCUT2D eigenvalue weighted by Crippen LogP contribution is 2.39. The Bertz CT molecular complexity index is 787. The summed E-state index contributed by atoms with van der Waals surface area (Å²) in [7, 11) is -1.01. The van der Waals surface area contributed by atoms with Gasteiger partial charge in [-0.1, -0.05) is 24.3 Å². The van der Waals surface area contributed by atoms with Gasteiger partial charge in [0.25, 0.3) is 0 Å². The Hall–Kier alpha value is -2.05. The third-order valence-corrected chi connectivity index (χ3v) is 4.84. The highest BCUT2D eigenvalue weighted by atomic mass is 19.1. The van der Waals surface area contributed by atoms with Crippen LogP contribution in [-0.4, -0.2) is 28.3 Å². The molecule has 0 atom stereocenters. The Morgan fingerprint density at radius 3 is 2.16 bits per heavy atom. The molecule has 2 heterocycles. The normalized spacial score (nSPS) is 19.3. The number of benzene rings is 1. The van der Waals surface area contributed by atoms with Gasteiger partial charge in [0.2, 0.25) is 0 Å². The predicted octanol–water partition coefficient (Wildman–Crippen LogP) is 4.39. The van der Waals surface area contributed by atoms with Crippen molar-refractivity contribution >= 4 is 13.2 Å². The number of nitrogens with zero attached hydrogens (tertiary/aromatic N) is 2. The topological polar surface area (TPSA) is 44.2 Å². The van der Waals surface area contributed by atoms with Crippen LogP contribution >= 0.6 is 0 Å². The molecule has 1 fully saturated rings. The second-order valence-electron chi connectivity index (χ2n) is 7.27. The fourth-order valence-electron chi connectivity index (χ4n) is 2.56. The van der Waals surface area contributed by atoms with E-state index in [1.54, 1.807) is 12.4 Å². The van der Waals surface area contributed by atoms with Crippen molar-refractivity contribution in [2.45, 2.75) is 45.8 Å². The second kappa shape index (κ2) is 6.35. The number of rotatable bonds is 3. The van der Waals surface area contributed by atoms with Crippen LogP contribution in [0.2, 0.25) is 0 Å². The van der Waals surface area contributed by atoms with Crippen LogP contribution in [0, 0.1) is 6.92 Å². The maximum Gasteiger partial charge on any atom is 0.525 e. The lowest BCUT2D eigenvalue weighted by Crippen LogP contribution is -2.41. The first kappa shape index (κ1) is 17.8. The standard InChI is InChI=1S/C19H22BFN2O2/c1-13-8-6-7-9-15(13)17-22-11-14(12-23-17)10-16(21)20-24-18(2,3)19(4,5)25-20/h6-12H,1-5H3.